The molecule has 0 aliphatic heterocycles. The first-order valence-electron chi connectivity index (χ1n) is 8.94. The van der Waals surface area contributed by atoms with E-state index in [1.54, 1.807) is 38.2 Å². The van der Waals surface area contributed by atoms with Crippen LogP contribution >= 0.6 is 11.3 Å². The molecule has 0 spiro atoms. The predicted octanol–water partition coefficient (Wildman–Crippen LogP) is 3.86. The number of anilines is 1. The van der Waals surface area contributed by atoms with E-state index in [0.717, 1.165) is 16.9 Å². The minimum absolute atomic E-state index is 0.153. The van der Waals surface area contributed by atoms with E-state index < -0.39 is 24.4 Å². The third kappa shape index (κ3) is 5.32. The van der Waals surface area contributed by atoms with Crippen molar-refractivity contribution in [2.24, 2.45) is 0 Å². The Morgan fingerprint density at radius 2 is 1.93 bits per heavy atom. The Morgan fingerprint density at radius 1 is 1.20 bits per heavy atom. The minimum atomic E-state index is -0.653. The zero-order valence-corrected chi connectivity index (χ0v) is 17.1. The largest absolute Gasteiger partial charge is 0.459 e. The number of ether oxygens (including phenoxy) is 1. The Bertz CT molecular complexity index is 1040. The van der Waals surface area contributed by atoms with E-state index in [2.05, 4.69) is 5.32 Å². The van der Waals surface area contributed by atoms with Crippen LogP contribution in [0.2, 0.25) is 0 Å². The van der Waals surface area contributed by atoms with Gasteiger partial charge in [-0.25, -0.2) is 9.18 Å². The van der Waals surface area contributed by atoms with Crippen LogP contribution in [0.5, 0.6) is 0 Å². The van der Waals surface area contributed by atoms with Crippen LogP contribution in [0.25, 0.3) is 0 Å². The number of hydrogen-bond donors (Lipinski definition) is 1. The lowest BCUT2D eigenvalue weighted by Crippen LogP contribution is -2.30. The topological polar surface area (TPSA) is 88.9 Å². The average molecular weight is 430 g/mol. The van der Waals surface area contributed by atoms with E-state index in [0.29, 0.717) is 15.4 Å². The highest BCUT2D eigenvalue weighted by Gasteiger charge is 2.19. The summed E-state index contributed by atoms with van der Waals surface area (Å²) >= 11 is 1.05. The maximum absolute atomic E-state index is 13.0. The Kier molecular flexibility index (Phi) is 6.63. The van der Waals surface area contributed by atoms with Gasteiger partial charge >= 0.3 is 5.97 Å². The minimum Gasteiger partial charge on any atom is -0.459 e. The van der Waals surface area contributed by atoms with Gasteiger partial charge in [0.2, 0.25) is 0 Å². The maximum atomic E-state index is 13.0. The maximum Gasteiger partial charge on any atom is 0.349 e. The molecule has 0 saturated heterocycles. The van der Waals surface area contributed by atoms with Crippen molar-refractivity contribution in [2.75, 3.05) is 19.0 Å². The number of thiophene rings is 1. The molecule has 9 heteroatoms. The van der Waals surface area contributed by atoms with Gasteiger partial charge in [-0.15, -0.1) is 11.3 Å². The van der Waals surface area contributed by atoms with Gasteiger partial charge in [-0.2, -0.15) is 0 Å². The summed E-state index contributed by atoms with van der Waals surface area (Å²) in [5, 5.41) is 3.11. The molecule has 0 bridgehead atoms. The van der Waals surface area contributed by atoms with Crippen molar-refractivity contribution in [3.63, 3.8) is 0 Å². The number of amides is 2. The van der Waals surface area contributed by atoms with Crippen molar-refractivity contribution in [2.45, 2.75) is 13.5 Å². The standard InChI is InChI=1S/C21H19FN2O5S/c1-13-10-17(23-20(26)16-4-3-9-28-16)30-19(13)21(27)29-12-18(25)24(2)11-14-5-7-15(22)8-6-14/h3-10H,11-12H2,1-2H3,(H,23,26). The number of carbonyl (C=O) groups excluding carboxylic acids is 3. The molecule has 2 heterocycles. The molecule has 7 nitrogen and oxygen atoms in total. The SMILES string of the molecule is Cc1cc(NC(=O)c2ccco2)sc1C(=O)OCC(=O)N(C)Cc1ccc(F)cc1. The number of halogens is 1. The van der Waals surface area contributed by atoms with Crippen LogP contribution in [-0.4, -0.2) is 36.3 Å². The van der Waals surface area contributed by atoms with Crippen LogP contribution in [0.3, 0.4) is 0 Å². The number of nitrogens with zero attached hydrogens (tertiary/aromatic N) is 1. The summed E-state index contributed by atoms with van der Waals surface area (Å²) in [6.07, 6.45) is 1.39. The first kappa shape index (κ1) is 21.3. The summed E-state index contributed by atoms with van der Waals surface area (Å²) in [7, 11) is 1.57. The van der Waals surface area contributed by atoms with Crippen LogP contribution in [0, 0.1) is 12.7 Å². The second kappa shape index (κ2) is 9.36. The average Bonchev–Trinajstić information content (AvgIpc) is 3.37. The Morgan fingerprint density at radius 3 is 2.60 bits per heavy atom. The van der Waals surface area contributed by atoms with E-state index in [4.69, 9.17) is 9.15 Å². The number of aryl methyl sites for hydroxylation is 1. The fourth-order valence-corrected chi connectivity index (χ4v) is 3.54. The molecule has 3 rings (SSSR count). The lowest BCUT2D eigenvalue weighted by Gasteiger charge is -2.17. The van der Waals surface area contributed by atoms with Crippen molar-refractivity contribution in [3.05, 3.63) is 76.3 Å². The number of hydrogen-bond acceptors (Lipinski definition) is 6. The number of esters is 1. The highest BCUT2D eigenvalue weighted by molar-refractivity contribution is 7.18. The summed E-state index contributed by atoms with van der Waals surface area (Å²) in [6.45, 7) is 1.54. The van der Waals surface area contributed by atoms with Crippen molar-refractivity contribution in [1.29, 1.82) is 0 Å². The third-order valence-corrected chi connectivity index (χ3v) is 5.30. The zero-order valence-electron chi connectivity index (χ0n) is 16.3. The van der Waals surface area contributed by atoms with Gasteiger partial charge in [-0.3, -0.25) is 9.59 Å². The summed E-state index contributed by atoms with van der Waals surface area (Å²) in [5.41, 5.74) is 1.37. The van der Waals surface area contributed by atoms with Crippen LogP contribution in [0.15, 0.2) is 53.1 Å². The first-order chi connectivity index (χ1) is 14.3. The van der Waals surface area contributed by atoms with Gasteiger partial charge in [-0.1, -0.05) is 12.1 Å². The molecule has 1 N–H and O–H groups in total. The summed E-state index contributed by atoms with van der Waals surface area (Å²) in [5.74, 6) is -1.68. The molecule has 0 radical (unpaired) electrons. The van der Waals surface area contributed by atoms with Crippen molar-refractivity contribution < 1.29 is 27.9 Å². The molecule has 2 amide bonds. The van der Waals surface area contributed by atoms with E-state index in [1.807, 2.05) is 0 Å². The Labute approximate surface area is 176 Å². The molecule has 0 unspecified atom stereocenters. The quantitative estimate of drug-likeness (QED) is 0.575. The zero-order chi connectivity index (χ0) is 21.7. The molecule has 0 saturated carbocycles. The lowest BCUT2D eigenvalue weighted by atomic mass is 10.2. The summed E-state index contributed by atoms with van der Waals surface area (Å²) < 4.78 is 23.1. The van der Waals surface area contributed by atoms with Crippen LogP contribution < -0.4 is 5.32 Å². The van der Waals surface area contributed by atoms with Gasteiger partial charge < -0.3 is 19.4 Å². The van der Waals surface area contributed by atoms with Crippen LogP contribution in [0.4, 0.5) is 9.39 Å². The van der Waals surface area contributed by atoms with Crippen molar-refractivity contribution in [3.8, 4) is 0 Å². The lowest BCUT2D eigenvalue weighted by molar-refractivity contribution is -0.133. The third-order valence-electron chi connectivity index (χ3n) is 4.17. The normalized spacial score (nSPS) is 10.5. The fourth-order valence-electron chi connectivity index (χ4n) is 2.58. The molecule has 0 atom stereocenters. The smallest absolute Gasteiger partial charge is 0.349 e. The number of nitrogens with one attached hydrogen (secondary N) is 1. The first-order valence-corrected chi connectivity index (χ1v) is 9.76. The number of furan rings is 1. The van der Waals surface area contributed by atoms with E-state index in [1.165, 1.54) is 29.4 Å². The Hall–Kier alpha value is -3.46. The number of likely N-dealkylation sites (N-methyl/N-ethyl adjacent to an activating group) is 1. The second-order valence-electron chi connectivity index (χ2n) is 6.51. The van der Waals surface area contributed by atoms with Gasteiger partial charge in [0.15, 0.2) is 12.4 Å². The van der Waals surface area contributed by atoms with Gasteiger partial charge in [0.1, 0.15) is 10.7 Å². The molecular formula is C21H19FN2O5S. The molecule has 1 aromatic carbocycles. The monoisotopic (exact) mass is 430 g/mol. The summed E-state index contributed by atoms with van der Waals surface area (Å²) in [4.78, 5) is 38.3. The Balaban J connectivity index is 1.54. The molecular weight excluding hydrogens is 411 g/mol. The number of rotatable bonds is 7. The van der Waals surface area contributed by atoms with Gasteiger partial charge in [0, 0.05) is 13.6 Å². The van der Waals surface area contributed by atoms with Crippen LogP contribution in [-0.2, 0) is 16.1 Å². The predicted molar refractivity (Wildman–Crippen MR) is 109 cm³/mol. The van der Waals surface area contributed by atoms with Crippen molar-refractivity contribution >= 4 is 34.1 Å². The highest BCUT2D eigenvalue weighted by atomic mass is 32.1. The number of carbonyl (C=O) groups is 3. The second-order valence-corrected chi connectivity index (χ2v) is 7.56. The van der Waals surface area contributed by atoms with Gasteiger partial charge in [0.05, 0.1) is 11.3 Å². The summed E-state index contributed by atoms with van der Waals surface area (Å²) in [6, 6.07) is 10.6. The van der Waals surface area contributed by atoms with E-state index in [-0.39, 0.29) is 18.1 Å². The molecule has 3 aromatic rings. The molecule has 156 valence electrons. The highest BCUT2D eigenvalue weighted by Crippen LogP contribution is 2.27. The number of benzene rings is 1. The fraction of sp³-hybridized carbons (Fsp3) is 0.190. The van der Waals surface area contributed by atoms with E-state index >= 15 is 0 Å². The molecule has 0 aliphatic rings. The molecule has 30 heavy (non-hydrogen) atoms. The molecule has 2 aromatic heterocycles. The van der Waals surface area contributed by atoms with Gasteiger partial charge in [0.25, 0.3) is 11.8 Å². The van der Waals surface area contributed by atoms with Crippen molar-refractivity contribution in [1.82, 2.24) is 4.90 Å². The molecule has 0 aliphatic carbocycles. The van der Waals surface area contributed by atoms with Crippen LogP contribution in [0.1, 0.15) is 31.4 Å². The molecule has 0 fully saturated rings. The van der Waals surface area contributed by atoms with E-state index in [9.17, 15) is 18.8 Å². The van der Waals surface area contributed by atoms with Gasteiger partial charge in [-0.05, 0) is 48.4 Å².